The highest BCUT2D eigenvalue weighted by atomic mass is 32.1. The SMILES string of the molecule is CCN(Cc1ccccc1C#N)C(=O)c1csc(N)n1. The number of nitriles is 1. The molecule has 0 aliphatic rings. The topological polar surface area (TPSA) is 83.0 Å². The maximum atomic E-state index is 12.3. The molecule has 20 heavy (non-hydrogen) atoms. The molecule has 6 heteroatoms. The third-order valence-corrected chi connectivity index (χ3v) is 3.58. The Morgan fingerprint density at radius 1 is 1.50 bits per heavy atom. The second kappa shape index (κ2) is 6.17. The minimum Gasteiger partial charge on any atom is -0.375 e. The first-order chi connectivity index (χ1) is 9.65. The molecule has 0 unspecified atom stereocenters. The highest BCUT2D eigenvalue weighted by Gasteiger charge is 2.18. The summed E-state index contributed by atoms with van der Waals surface area (Å²) in [6.07, 6.45) is 0. The fraction of sp³-hybridized carbons (Fsp3) is 0.214. The van der Waals surface area contributed by atoms with Gasteiger partial charge in [-0.2, -0.15) is 5.26 Å². The lowest BCUT2D eigenvalue weighted by atomic mass is 10.1. The number of thiazole rings is 1. The lowest BCUT2D eigenvalue weighted by Gasteiger charge is -2.20. The summed E-state index contributed by atoms with van der Waals surface area (Å²) in [4.78, 5) is 18.0. The van der Waals surface area contributed by atoms with E-state index in [1.165, 1.54) is 11.3 Å². The molecule has 5 nitrogen and oxygen atoms in total. The number of hydrogen-bond donors (Lipinski definition) is 1. The van der Waals surface area contributed by atoms with Crippen LogP contribution in [0.25, 0.3) is 0 Å². The van der Waals surface area contributed by atoms with E-state index in [2.05, 4.69) is 11.1 Å². The van der Waals surface area contributed by atoms with Gasteiger partial charge < -0.3 is 10.6 Å². The van der Waals surface area contributed by atoms with Crippen LogP contribution < -0.4 is 5.73 Å². The molecule has 0 spiro atoms. The van der Waals surface area contributed by atoms with Crippen molar-refractivity contribution in [2.75, 3.05) is 12.3 Å². The normalized spacial score (nSPS) is 10.0. The summed E-state index contributed by atoms with van der Waals surface area (Å²) in [7, 11) is 0. The van der Waals surface area contributed by atoms with Gasteiger partial charge in [0.2, 0.25) is 0 Å². The van der Waals surface area contributed by atoms with Crippen molar-refractivity contribution >= 4 is 22.4 Å². The monoisotopic (exact) mass is 286 g/mol. The van der Waals surface area contributed by atoms with Gasteiger partial charge in [-0.3, -0.25) is 4.79 Å². The maximum Gasteiger partial charge on any atom is 0.273 e. The average Bonchev–Trinajstić information content (AvgIpc) is 2.91. The molecule has 0 saturated carbocycles. The van der Waals surface area contributed by atoms with Crippen molar-refractivity contribution in [2.45, 2.75) is 13.5 Å². The van der Waals surface area contributed by atoms with Crippen LogP contribution >= 0.6 is 11.3 Å². The minimum atomic E-state index is -0.173. The molecular formula is C14H14N4OS. The van der Waals surface area contributed by atoms with Crippen molar-refractivity contribution in [3.05, 3.63) is 46.5 Å². The summed E-state index contributed by atoms with van der Waals surface area (Å²) < 4.78 is 0. The Kier molecular flexibility index (Phi) is 4.33. The van der Waals surface area contributed by atoms with Crippen molar-refractivity contribution in [1.29, 1.82) is 5.26 Å². The van der Waals surface area contributed by atoms with Gasteiger partial charge in [-0.25, -0.2) is 4.98 Å². The van der Waals surface area contributed by atoms with Gasteiger partial charge in [0.05, 0.1) is 11.6 Å². The zero-order valence-electron chi connectivity index (χ0n) is 11.0. The van der Waals surface area contributed by atoms with Crippen LogP contribution in [0.3, 0.4) is 0 Å². The Hall–Kier alpha value is -2.39. The largest absolute Gasteiger partial charge is 0.375 e. The molecule has 2 N–H and O–H groups in total. The summed E-state index contributed by atoms with van der Waals surface area (Å²) in [5.74, 6) is -0.173. The first-order valence-electron chi connectivity index (χ1n) is 6.14. The number of hydrogen-bond acceptors (Lipinski definition) is 5. The molecule has 1 aromatic carbocycles. The van der Waals surface area contributed by atoms with E-state index in [0.29, 0.717) is 29.5 Å². The number of nitrogens with two attached hydrogens (primary N) is 1. The summed E-state index contributed by atoms with van der Waals surface area (Å²) in [6.45, 7) is 2.81. The van der Waals surface area contributed by atoms with Crippen LogP contribution in [0.15, 0.2) is 29.6 Å². The van der Waals surface area contributed by atoms with Crippen LogP contribution in [0, 0.1) is 11.3 Å². The van der Waals surface area contributed by atoms with Gasteiger partial charge in [-0.05, 0) is 18.6 Å². The molecule has 2 aromatic rings. The number of carbonyl (C=O) groups is 1. The molecule has 1 amide bonds. The van der Waals surface area contributed by atoms with Gasteiger partial charge in [0.25, 0.3) is 5.91 Å². The van der Waals surface area contributed by atoms with Crippen molar-refractivity contribution < 1.29 is 4.79 Å². The lowest BCUT2D eigenvalue weighted by molar-refractivity contribution is 0.0747. The van der Waals surface area contributed by atoms with Gasteiger partial charge >= 0.3 is 0 Å². The van der Waals surface area contributed by atoms with Crippen LogP contribution in [0.2, 0.25) is 0 Å². The summed E-state index contributed by atoms with van der Waals surface area (Å²) in [5, 5.41) is 11.1. The number of nitrogen functional groups attached to an aromatic ring is 1. The van der Waals surface area contributed by atoms with E-state index in [1.807, 2.05) is 19.1 Å². The van der Waals surface area contributed by atoms with Crippen LogP contribution in [0.5, 0.6) is 0 Å². The number of amides is 1. The molecule has 1 aromatic heterocycles. The molecule has 0 atom stereocenters. The minimum absolute atomic E-state index is 0.173. The fourth-order valence-corrected chi connectivity index (χ4v) is 2.38. The Bertz CT molecular complexity index is 659. The molecular weight excluding hydrogens is 272 g/mol. The quantitative estimate of drug-likeness (QED) is 0.934. The van der Waals surface area contributed by atoms with Gasteiger partial charge in [-0.15, -0.1) is 11.3 Å². The smallest absolute Gasteiger partial charge is 0.273 e. The summed E-state index contributed by atoms with van der Waals surface area (Å²) in [6, 6.07) is 9.40. The van der Waals surface area contributed by atoms with Gasteiger partial charge in [-0.1, -0.05) is 18.2 Å². The molecule has 0 bridgehead atoms. The van der Waals surface area contributed by atoms with E-state index in [4.69, 9.17) is 11.0 Å². The first-order valence-corrected chi connectivity index (χ1v) is 7.02. The Morgan fingerprint density at radius 3 is 2.85 bits per heavy atom. The Balaban J connectivity index is 2.21. The number of benzene rings is 1. The summed E-state index contributed by atoms with van der Waals surface area (Å²) >= 11 is 1.24. The van der Waals surface area contributed by atoms with Gasteiger partial charge in [0.1, 0.15) is 5.69 Å². The third-order valence-electron chi connectivity index (χ3n) is 2.91. The maximum absolute atomic E-state index is 12.3. The van der Waals surface area contributed by atoms with Crippen molar-refractivity contribution in [2.24, 2.45) is 0 Å². The molecule has 0 saturated heterocycles. The van der Waals surface area contributed by atoms with Crippen LogP contribution in [-0.4, -0.2) is 22.3 Å². The van der Waals surface area contributed by atoms with Crippen LogP contribution in [-0.2, 0) is 6.54 Å². The zero-order chi connectivity index (χ0) is 14.5. The first kappa shape index (κ1) is 14.0. The second-order valence-electron chi connectivity index (χ2n) is 4.16. The molecule has 0 fully saturated rings. The second-order valence-corrected chi connectivity index (χ2v) is 5.05. The number of anilines is 1. The molecule has 102 valence electrons. The summed E-state index contributed by atoms with van der Waals surface area (Å²) in [5.41, 5.74) is 7.31. The Morgan fingerprint density at radius 2 is 2.25 bits per heavy atom. The molecule has 0 aliphatic carbocycles. The molecule has 1 heterocycles. The third kappa shape index (κ3) is 2.95. The molecule has 2 rings (SSSR count). The predicted molar refractivity (Wildman–Crippen MR) is 78.1 cm³/mol. The van der Waals surface area contributed by atoms with Crippen LogP contribution in [0.4, 0.5) is 5.13 Å². The number of carbonyl (C=O) groups excluding carboxylic acids is 1. The van der Waals surface area contributed by atoms with E-state index in [9.17, 15) is 4.79 Å². The fourth-order valence-electron chi connectivity index (χ4n) is 1.85. The molecule has 0 radical (unpaired) electrons. The van der Waals surface area contributed by atoms with Gasteiger partial charge in [0, 0.05) is 18.5 Å². The molecule has 0 aliphatic heterocycles. The van der Waals surface area contributed by atoms with E-state index in [-0.39, 0.29) is 5.91 Å². The number of aromatic nitrogens is 1. The van der Waals surface area contributed by atoms with E-state index >= 15 is 0 Å². The Labute approximate surface area is 121 Å². The average molecular weight is 286 g/mol. The van der Waals surface area contributed by atoms with E-state index in [0.717, 1.165) is 5.56 Å². The zero-order valence-corrected chi connectivity index (χ0v) is 11.9. The van der Waals surface area contributed by atoms with Crippen molar-refractivity contribution in [1.82, 2.24) is 9.88 Å². The van der Waals surface area contributed by atoms with Crippen molar-refractivity contribution in [3.63, 3.8) is 0 Å². The lowest BCUT2D eigenvalue weighted by Crippen LogP contribution is -2.30. The predicted octanol–water partition coefficient (Wildman–Crippen LogP) is 2.26. The highest BCUT2D eigenvalue weighted by molar-refractivity contribution is 7.13. The van der Waals surface area contributed by atoms with Gasteiger partial charge in [0.15, 0.2) is 5.13 Å². The highest BCUT2D eigenvalue weighted by Crippen LogP contribution is 2.16. The van der Waals surface area contributed by atoms with Crippen LogP contribution in [0.1, 0.15) is 28.5 Å². The van der Waals surface area contributed by atoms with E-state index in [1.54, 1.807) is 22.4 Å². The number of rotatable bonds is 4. The number of nitrogens with zero attached hydrogens (tertiary/aromatic N) is 3. The standard InChI is InChI=1S/C14H14N4OS/c1-2-18(13(19)12-9-20-14(16)17-12)8-11-6-4-3-5-10(11)7-15/h3-6,9H,2,8H2,1H3,(H2,16,17). The van der Waals surface area contributed by atoms with E-state index < -0.39 is 0 Å². The van der Waals surface area contributed by atoms with Crippen molar-refractivity contribution in [3.8, 4) is 6.07 Å².